The molecule has 4 N–H and O–H groups in total. The normalized spacial score (nSPS) is 42.4. The summed E-state index contributed by atoms with van der Waals surface area (Å²) in [7, 11) is 0. The Morgan fingerprint density at radius 1 is 1.62 bits per heavy atom. The zero-order chi connectivity index (χ0) is 6.78. The van der Waals surface area contributed by atoms with E-state index in [2.05, 4.69) is 27.6 Å². The van der Waals surface area contributed by atoms with E-state index in [1.165, 1.54) is 0 Å². The number of halogens is 1. The molecule has 0 amide bonds. The molecule has 0 aromatic heterocycles. The Labute approximate surface area is 57.5 Å². The van der Waals surface area contributed by atoms with Gasteiger partial charge >= 0.3 is 0 Å². The lowest BCUT2D eigenvalue weighted by Crippen LogP contribution is -2.02. The van der Waals surface area contributed by atoms with Gasteiger partial charge < -0.3 is 4.74 Å². The van der Waals surface area contributed by atoms with E-state index in [0.717, 1.165) is 0 Å². The van der Waals surface area contributed by atoms with Gasteiger partial charge in [0.1, 0.15) is 4.51 Å². The highest BCUT2D eigenvalue weighted by molar-refractivity contribution is 9.10. The maximum atomic E-state index is 5.02. The summed E-state index contributed by atoms with van der Waals surface area (Å²) in [6.07, 6.45) is 0.414. The fourth-order valence-electron chi connectivity index (χ4n) is 0.312. The summed E-state index contributed by atoms with van der Waals surface area (Å²) in [5.41, 5.74) is 0. The zero-order valence-corrected chi connectivity index (χ0v) is 6.60. The molecular formula is C4H11BrN2O. The van der Waals surface area contributed by atoms with Crippen LogP contribution >= 0.6 is 15.9 Å². The van der Waals surface area contributed by atoms with Crippen molar-refractivity contribution in [2.24, 2.45) is 11.7 Å². The van der Waals surface area contributed by atoms with Crippen molar-refractivity contribution in [2.45, 2.75) is 24.5 Å². The van der Waals surface area contributed by atoms with Gasteiger partial charge in [0.25, 0.3) is 0 Å². The summed E-state index contributed by atoms with van der Waals surface area (Å²) in [5, 5.41) is 0. The molecule has 0 saturated carbocycles. The largest absolute Gasteiger partial charge is 0.354 e. The van der Waals surface area contributed by atoms with E-state index < -0.39 is 0 Å². The van der Waals surface area contributed by atoms with Crippen LogP contribution in [0, 0.1) is 0 Å². The lowest BCUT2D eigenvalue weighted by Gasteiger charge is -1.81. The molecule has 1 heterocycles. The Hall–Kier alpha value is 0.360. The summed E-state index contributed by atoms with van der Waals surface area (Å²) in [4.78, 5) is 0. The van der Waals surface area contributed by atoms with Crippen molar-refractivity contribution < 1.29 is 4.74 Å². The molecule has 8 heavy (non-hydrogen) atoms. The number of ether oxygens (including phenoxy) is 1. The monoisotopic (exact) mass is 182 g/mol. The minimum atomic E-state index is 0.0208. The Balaban J connectivity index is 0.000000222. The Morgan fingerprint density at radius 3 is 1.75 bits per heavy atom. The molecule has 0 spiro atoms. The summed E-state index contributed by atoms with van der Waals surface area (Å²) < 4.78 is 5.04. The first-order valence-electron chi connectivity index (χ1n) is 2.33. The molecule has 1 fully saturated rings. The van der Waals surface area contributed by atoms with Crippen LogP contribution < -0.4 is 11.7 Å². The Kier molecular flexibility index (Phi) is 2.90. The van der Waals surface area contributed by atoms with E-state index in [4.69, 9.17) is 4.74 Å². The van der Waals surface area contributed by atoms with Crippen molar-refractivity contribution >= 4 is 15.9 Å². The first kappa shape index (κ1) is 8.36. The van der Waals surface area contributed by atoms with Crippen molar-refractivity contribution in [1.29, 1.82) is 0 Å². The summed E-state index contributed by atoms with van der Waals surface area (Å²) in [6, 6.07) is 0. The molecular weight excluding hydrogens is 172 g/mol. The molecule has 2 atom stereocenters. The first-order valence-corrected chi connectivity index (χ1v) is 3.12. The number of nitrogens with two attached hydrogens (primary N) is 2. The van der Waals surface area contributed by atoms with E-state index >= 15 is 0 Å². The third-order valence-electron chi connectivity index (χ3n) is 1.08. The molecule has 0 aromatic carbocycles. The van der Waals surface area contributed by atoms with E-state index in [9.17, 15) is 0 Å². The van der Waals surface area contributed by atoms with Crippen molar-refractivity contribution in [3.63, 3.8) is 0 Å². The van der Waals surface area contributed by atoms with Gasteiger partial charge in [0, 0.05) is 0 Å². The van der Waals surface area contributed by atoms with Gasteiger partial charge in [0.15, 0.2) is 0 Å². The first-order chi connectivity index (χ1) is 3.63. The fourth-order valence-corrected chi connectivity index (χ4v) is 0.592. The number of hydrogen-bond donors (Lipinski definition) is 2. The van der Waals surface area contributed by atoms with Crippen molar-refractivity contribution in [2.75, 3.05) is 0 Å². The maximum Gasteiger partial charge on any atom is 0.146 e. The van der Waals surface area contributed by atoms with E-state index in [-0.39, 0.29) is 4.51 Å². The molecule has 0 bridgehead atoms. The molecule has 1 aliphatic rings. The number of epoxide rings is 1. The SMILES string of the molecule is CC1OC1(C)Br.NN. The van der Waals surface area contributed by atoms with Crippen LogP contribution in [0.4, 0.5) is 0 Å². The van der Waals surface area contributed by atoms with Crippen LogP contribution in [-0.2, 0) is 4.74 Å². The Bertz CT molecular complexity index is 76.4. The molecule has 0 radical (unpaired) electrons. The van der Waals surface area contributed by atoms with Crippen LogP contribution in [-0.4, -0.2) is 10.6 Å². The van der Waals surface area contributed by atoms with Gasteiger partial charge in [-0.2, -0.15) is 0 Å². The average molecular weight is 183 g/mol. The molecule has 1 rings (SSSR count). The minimum Gasteiger partial charge on any atom is -0.354 e. The molecule has 0 aromatic rings. The van der Waals surface area contributed by atoms with Gasteiger partial charge in [-0.15, -0.1) is 0 Å². The van der Waals surface area contributed by atoms with Gasteiger partial charge in [-0.25, -0.2) is 0 Å². The summed E-state index contributed by atoms with van der Waals surface area (Å²) >= 11 is 3.33. The van der Waals surface area contributed by atoms with Gasteiger partial charge in [-0.3, -0.25) is 11.7 Å². The van der Waals surface area contributed by atoms with Crippen LogP contribution in [0.2, 0.25) is 0 Å². The quantitative estimate of drug-likeness (QED) is 0.246. The number of hydrogen-bond acceptors (Lipinski definition) is 3. The van der Waals surface area contributed by atoms with Crippen LogP contribution in [0.5, 0.6) is 0 Å². The molecule has 3 nitrogen and oxygen atoms in total. The average Bonchev–Trinajstić information content (AvgIpc) is 2.19. The number of rotatable bonds is 0. The lowest BCUT2D eigenvalue weighted by atomic mass is 10.4. The third-order valence-corrected chi connectivity index (χ3v) is 1.91. The van der Waals surface area contributed by atoms with Gasteiger partial charge in [-0.1, -0.05) is 15.9 Å². The molecule has 50 valence electrons. The van der Waals surface area contributed by atoms with Crippen molar-refractivity contribution in [3.05, 3.63) is 0 Å². The van der Waals surface area contributed by atoms with E-state index in [1.54, 1.807) is 0 Å². The summed E-state index contributed by atoms with van der Waals surface area (Å²) in [6.45, 7) is 4.05. The molecule has 0 aliphatic carbocycles. The highest BCUT2D eigenvalue weighted by atomic mass is 79.9. The fraction of sp³-hybridized carbons (Fsp3) is 1.00. The third kappa shape index (κ3) is 2.09. The second-order valence-corrected chi connectivity index (χ2v) is 3.32. The predicted octanol–water partition coefficient (Wildman–Crippen LogP) is 0.335. The number of alkyl halides is 1. The van der Waals surface area contributed by atoms with Crippen molar-refractivity contribution in [1.82, 2.24) is 0 Å². The molecule has 4 heteroatoms. The number of hydrazine groups is 1. The standard InChI is InChI=1S/C4H7BrO.H4N2/c1-3-4(2,5)6-3;1-2/h3H,1-2H3;1-2H2. The predicted molar refractivity (Wildman–Crippen MR) is 36.3 cm³/mol. The van der Waals surface area contributed by atoms with E-state index in [1.807, 2.05) is 13.8 Å². The van der Waals surface area contributed by atoms with Crippen molar-refractivity contribution in [3.8, 4) is 0 Å². The molecule has 1 saturated heterocycles. The minimum absolute atomic E-state index is 0.0208. The van der Waals surface area contributed by atoms with Gasteiger partial charge in [0.05, 0.1) is 6.10 Å². The lowest BCUT2D eigenvalue weighted by molar-refractivity contribution is 0.377. The van der Waals surface area contributed by atoms with Crippen LogP contribution in [0.3, 0.4) is 0 Å². The summed E-state index contributed by atoms with van der Waals surface area (Å²) in [5.74, 6) is 8.00. The highest BCUT2D eigenvalue weighted by Gasteiger charge is 2.46. The van der Waals surface area contributed by atoms with Crippen LogP contribution in [0.1, 0.15) is 13.8 Å². The van der Waals surface area contributed by atoms with E-state index in [0.29, 0.717) is 6.10 Å². The highest BCUT2D eigenvalue weighted by Crippen LogP contribution is 2.41. The Morgan fingerprint density at radius 2 is 1.75 bits per heavy atom. The van der Waals surface area contributed by atoms with Crippen LogP contribution in [0.15, 0.2) is 0 Å². The topological polar surface area (TPSA) is 64.6 Å². The van der Waals surface area contributed by atoms with Gasteiger partial charge in [0.2, 0.25) is 0 Å². The van der Waals surface area contributed by atoms with Gasteiger partial charge in [-0.05, 0) is 13.8 Å². The van der Waals surface area contributed by atoms with Crippen LogP contribution in [0.25, 0.3) is 0 Å². The zero-order valence-electron chi connectivity index (χ0n) is 5.02. The second kappa shape index (κ2) is 2.77. The second-order valence-electron chi connectivity index (χ2n) is 1.75. The maximum absolute atomic E-state index is 5.02. The molecule has 2 unspecified atom stereocenters. The molecule has 1 aliphatic heterocycles. The smallest absolute Gasteiger partial charge is 0.146 e.